The minimum Gasteiger partial charge on any atom is -0.468 e. The van der Waals surface area contributed by atoms with Crippen LogP contribution in [0.3, 0.4) is 0 Å². The fourth-order valence-electron chi connectivity index (χ4n) is 4.14. The molecule has 1 aromatic rings. The van der Waals surface area contributed by atoms with Crippen LogP contribution in [0.15, 0.2) is 30.3 Å². The third-order valence-corrected chi connectivity index (χ3v) is 5.67. The van der Waals surface area contributed by atoms with Crippen LogP contribution in [-0.2, 0) is 14.9 Å². The molecule has 0 spiro atoms. The number of hydrogen-bond acceptors (Lipinski definition) is 4. The van der Waals surface area contributed by atoms with Crippen molar-refractivity contribution in [1.29, 1.82) is 0 Å². The van der Waals surface area contributed by atoms with Crippen molar-refractivity contribution in [3.63, 3.8) is 0 Å². The summed E-state index contributed by atoms with van der Waals surface area (Å²) < 4.78 is 5.10. The largest absolute Gasteiger partial charge is 0.468 e. The van der Waals surface area contributed by atoms with Crippen molar-refractivity contribution in [2.75, 3.05) is 39.8 Å². The Morgan fingerprint density at radius 2 is 1.96 bits per heavy atom. The van der Waals surface area contributed by atoms with E-state index in [1.807, 2.05) is 18.2 Å². The number of rotatable bonds is 8. The third-order valence-electron chi connectivity index (χ3n) is 5.67. The van der Waals surface area contributed by atoms with Gasteiger partial charge < -0.3 is 15.0 Å². The summed E-state index contributed by atoms with van der Waals surface area (Å²) in [6, 6.07) is 10.1. The molecule has 132 valence electrons. The van der Waals surface area contributed by atoms with Crippen LogP contribution in [0.4, 0.5) is 0 Å². The van der Waals surface area contributed by atoms with Crippen molar-refractivity contribution in [2.24, 2.45) is 5.92 Å². The van der Waals surface area contributed by atoms with Gasteiger partial charge >= 0.3 is 5.97 Å². The normalized spacial score (nSPS) is 27.0. The summed E-state index contributed by atoms with van der Waals surface area (Å²) in [5.74, 6) is 0.321. The second-order valence-electron chi connectivity index (χ2n) is 7.17. The Hall–Kier alpha value is -1.39. The summed E-state index contributed by atoms with van der Waals surface area (Å²) in [4.78, 5) is 14.9. The molecule has 1 saturated carbocycles. The van der Waals surface area contributed by atoms with Crippen LogP contribution in [0.1, 0.15) is 37.7 Å². The number of methoxy groups -OCH3 is 1. The molecule has 0 bridgehead atoms. The SMILES string of the molecule is COC(=O)[C@@]1(c2ccccc2)C[C@H]1CCNCCN1CCCCC1. The van der Waals surface area contributed by atoms with Crippen LogP contribution < -0.4 is 5.32 Å². The minimum atomic E-state index is -0.398. The Labute approximate surface area is 145 Å². The standard InChI is InChI=1S/C20H30N2O2/c1-24-19(23)20(17-8-4-2-5-9-17)16-18(20)10-11-21-12-15-22-13-6-3-7-14-22/h2,4-5,8-9,18,21H,3,6-7,10-16H2,1H3/t18-,20-/m1/s1. The zero-order chi connectivity index (χ0) is 16.8. The first-order chi connectivity index (χ1) is 11.8. The van der Waals surface area contributed by atoms with Gasteiger partial charge in [-0.15, -0.1) is 0 Å². The van der Waals surface area contributed by atoms with Crippen molar-refractivity contribution in [2.45, 2.75) is 37.5 Å². The summed E-state index contributed by atoms with van der Waals surface area (Å²) in [6.45, 7) is 5.67. The molecule has 1 saturated heterocycles. The van der Waals surface area contributed by atoms with Gasteiger partial charge in [0.1, 0.15) is 0 Å². The minimum absolute atomic E-state index is 0.0768. The summed E-state index contributed by atoms with van der Waals surface area (Å²) in [5.41, 5.74) is 0.708. The number of carbonyl (C=O) groups is 1. The smallest absolute Gasteiger partial charge is 0.316 e. The molecule has 4 heteroatoms. The van der Waals surface area contributed by atoms with Gasteiger partial charge in [-0.25, -0.2) is 0 Å². The van der Waals surface area contributed by atoms with Crippen LogP contribution in [0.2, 0.25) is 0 Å². The lowest BCUT2D eigenvalue weighted by atomic mass is 9.92. The number of esters is 1. The van der Waals surface area contributed by atoms with E-state index in [1.165, 1.54) is 39.5 Å². The Morgan fingerprint density at radius 1 is 1.21 bits per heavy atom. The van der Waals surface area contributed by atoms with Crippen LogP contribution in [0, 0.1) is 5.92 Å². The van der Waals surface area contributed by atoms with E-state index in [1.54, 1.807) is 0 Å². The van der Waals surface area contributed by atoms with Crippen molar-refractivity contribution in [1.82, 2.24) is 10.2 Å². The molecule has 0 radical (unpaired) electrons. The molecule has 1 aromatic carbocycles. The Morgan fingerprint density at radius 3 is 2.67 bits per heavy atom. The highest BCUT2D eigenvalue weighted by atomic mass is 16.5. The summed E-state index contributed by atoms with van der Waals surface area (Å²) in [6.07, 6.45) is 6.03. The summed E-state index contributed by atoms with van der Waals surface area (Å²) >= 11 is 0. The molecule has 1 aliphatic heterocycles. The number of hydrogen-bond donors (Lipinski definition) is 1. The van der Waals surface area contributed by atoms with E-state index in [0.29, 0.717) is 5.92 Å². The fraction of sp³-hybridized carbons (Fsp3) is 0.650. The molecule has 2 atom stereocenters. The zero-order valence-electron chi connectivity index (χ0n) is 14.8. The van der Waals surface area contributed by atoms with Crippen molar-refractivity contribution in [3.05, 3.63) is 35.9 Å². The highest BCUT2D eigenvalue weighted by molar-refractivity contribution is 5.87. The zero-order valence-corrected chi connectivity index (χ0v) is 14.8. The predicted molar refractivity (Wildman–Crippen MR) is 96.0 cm³/mol. The highest BCUT2D eigenvalue weighted by Gasteiger charge is 2.61. The molecule has 0 aromatic heterocycles. The first-order valence-corrected chi connectivity index (χ1v) is 9.34. The number of nitrogens with one attached hydrogen (secondary N) is 1. The number of ether oxygens (including phenoxy) is 1. The van der Waals surface area contributed by atoms with Gasteiger partial charge in [-0.1, -0.05) is 36.8 Å². The first-order valence-electron chi connectivity index (χ1n) is 9.34. The number of nitrogens with zero attached hydrogens (tertiary/aromatic N) is 1. The van der Waals surface area contributed by atoms with Gasteiger partial charge in [-0.3, -0.25) is 4.79 Å². The Bertz CT molecular complexity index is 528. The van der Waals surface area contributed by atoms with Gasteiger partial charge in [0.2, 0.25) is 0 Å². The summed E-state index contributed by atoms with van der Waals surface area (Å²) in [7, 11) is 1.50. The lowest BCUT2D eigenvalue weighted by Crippen LogP contribution is -2.36. The molecule has 2 aliphatic rings. The second-order valence-corrected chi connectivity index (χ2v) is 7.17. The van der Waals surface area contributed by atoms with Crippen molar-refractivity contribution in [3.8, 4) is 0 Å². The topological polar surface area (TPSA) is 41.6 Å². The van der Waals surface area contributed by atoms with Crippen molar-refractivity contribution < 1.29 is 9.53 Å². The molecular weight excluding hydrogens is 300 g/mol. The Kier molecular flexibility index (Phi) is 5.90. The maximum Gasteiger partial charge on any atom is 0.316 e. The number of benzene rings is 1. The Balaban J connectivity index is 1.43. The third kappa shape index (κ3) is 3.81. The molecule has 3 rings (SSSR count). The van der Waals surface area contributed by atoms with E-state index in [2.05, 4.69) is 22.3 Å². The maximum atomic E-state index is 12.4. The first kappa shape index (κ1) is 17.4. The molecule has 4 nitrogen and oxygen atoms in total. The van der Waals surface area contributed by atoms with E-state index in [0.717, 1.165) is 38.0 Å². The average molecular weight is 330 g/mol. The lowest BCUT2D eigenvalue weighted by Gasteiger charge is -2.26. The molecule has 0 amide bonds. The van der Waals surface area contributed by atoms with Crippen molar-refractivity contribution >= 4 is 5.97 Å². The van der Waals surface area contributed by atoms with Crippen LogP contribution in [-0.4, -0.2) is 50.7 Å². The van der Waals surface area contributed by atoms with E-state index in [9.17, 15) is 4.79 Å². The molecule has 2 fully saturated rings. The van der Waals surface area contributed by atoms with Gasteiger partial charge in [0.25, 0.3) is 0 Å². The second kappa shape index (κ2) is 8.13. The summed E-state index contributed by atoms with van der Waals surface area (Å²) in [5, 5.41) is 3.56. The quantitative estimate of drug-likeness (QED) is 0.588. The van der Waals surface area contributed by atoms with Crippen LogP contribution in [0.25, 0.3) is 0 Å². The van der Waals surface area contributed by atoms with E-state index >= 15 is 0 Å². The number of piperidine rings is 1. The van der Waals surface area contributed by atoms with E-state index in [4.69, 9.17) is 4.74 Å². The van der Waals surface area contributed by atoms with Gasteiger partial charge in [0, 0.05) is 13.1 Å². The molecule has 1 heterocycles. The predicted octanol–water partition coefficient (Wildman–Crippen LogP) is 2.58. The van der Waals surface area contributed by atoms with Crippen LogP contribution >= 0.6 is 0 Å². The number of carbonyl (C=O) groups excluding carboxylic acids is 1. The molecule has 24 heavy (non-hydrogen) atoms. The lowest BCUT2D eigenvalue weighted by molar-refractivity contribution is -0.144. The molecule has 1 N–H and O–H groups in total. The maximum absolute atomic E-state index is 12.4. The van der Waals surface area contributed by atoms with Gasteiger partial charge in [0.05, 0.1) is 12.5 Å². The fourth-order valence-corrected chi connectivity index (χ4v) is 4.14. The van der Waals surface area contributed by atoms with Gasteiger partial charge in [-0.2, -0.15) is 0 Å². The molecule has 1 aliphatic carbocycles. The molecular formula is C20H30N2O2. The monoisotopic (exact) mass is 330 g/mol. The van der Waals surface area contributed by atoms with E-state index < -0.39 is 5.41 Å². The highest BCUT2D eigenvalue weighted by Crippen LogP contribution is 2.56. The number of likely N-dealkylation sites (tertiary alicyclic amines) is 1. The van der Waals surface area contributed by atoms with E-state index in [-0.39, 0.29) is 5.97 Å². The van der Waals surface area contributed by atoms with Crippen LogP contribution in [0.5, 0.6) is 0 Å². The average Bonchev–Trinajstić information content (AvgIpc) is 3.38. The van der Waals surface area contributed by atoms with Gasteiger partial charge in [0.15, 0.2) is 0 Å². The molecule has 0 unspecified atom stereocenters. The van der Waals surface area contributed by atoms with Gasteiger partial charge in [-0.05, 0) is 56.8 Å².